The summed E-state index contributed by atoms with van der Waals surface area (Å²) in [5, 5.41) is 3.48. The summed E-state index contributed by atoms with van der Waals surface area (Å²) in [4.78, 5) is 26.5. The minimum Gasteiger partial charge on any atom is -0.306 e. The standard InChI is InChI=1S/C26H25F4N3O2S/c1-4-20(27)10-9-19-14-36-13-18-7-5-6-8-21(18)24(19)33-15-31(17(3)26(28,29)30)25(35)23-16(2)22(34)11-12-32(23)33/h4-12,14,17,24H,13,15H2,1-3H3/b10-9-,20-4+/t17-,24?/m1/s1. The van der Waals surface area contributed by atoms with Crippen molar-refractivity contribution in [2.45, 2.75) is 44.8 Å². The van der Waals surface area contributed by atoms with E-state index in [1.807, 2.05) is 29.7 Å². The highest BCUT2D eigenvalue weighted by molar-refractivity contribution is 8.01. The van der Waals surface area contributed by atoms with Gasteiger partial charge in [0.05, 0.1) is 6.04 Å². The molecule has 0 aliphatic carbocycles. The highest BCUT2D eigenvalue weighted by Gasteiger charge is 2.47. The van der Waals surface area contributed by atoms with Crippen LogP contribution in [0.25, 0.3) is 0 Å². The van der Waals surface area contributed by atoms with Crippen LogP contribution < -0.4 is 10.4 Å². The van der Waals surface area contributed by atoms with Gasteiger partial charge in [0.25, 0.3) is 5.91 Å². The number of benzene rings is 1. The molecule has 0 saturated carbocycles. The molecular weight excluding hydrogens is 494 g/mol. The number of pyridine rings is 1. The first-order chi connectivity index (χ1) is 17.0. The van der Waals surface area contributed by atoms with Crippen LogP contribution >= 0.6 is 11.8 Å². The van der Waals surface area contributed by atoms with Crippen molar-refractivity contribution in [3.63, 3.8) is 0 Å². The molecule has 0 bridgehead atoms. The van der Waals surface area contributed by atoms with E-state index in [2.05, 4.69) is 0 Å². The zero-order valence-electron chi connectivity index (χ0n) is 19.9. The molecule has 0 radical (unpaired) electrons. The van der Waals surface area contributed by atoms with E-state index in [9.17, 15) is 27.2 Å². The van der Waals surface area contributed by atoms with Gasteiger partial charge in [-0.1, -0.05) is 36.4 Å². The van der Waals surface area contributed by atoms with Crippen LogP contribution in [-0.2, 0) is 5.75 Å². The highest BCUT2D eigenvalue weighted by atomic mass is 32.2. The molecule has 3 heterocycles. The summed E-state index contributed by atoms with van der Waals surface area (Å²) in [7, 11) is 0. The van der Waals surface area contributed by atoms with Gasteiger partial charge in [0.1, 0.15) is 24.2 Å². The number of fused-ring (bicyclic) bond motifs is 2. The Hall–Kier alpha value is -3.27. The number of carbonyl (C=O) groups excluding carboxylic acids is 1. The first-order valence-electron chi connectivity index (χ1n) is 11.3. The summed E-state index contributed by atoms with van der Waals surface area (Å²) in [6.07, 6.45) is 0.942. The Kier molecular flexibility index (Phi) is 7.17. The van der Waals surface area contributed by atoms with E-state index in [-0.39, 0.29) is 11.3 Å². The molecule has 0 saturated heterocycles. The maximum absolute atomic E-state index is 14.0. The molecule has 4 rings (SSSR count). The van der Waals surface area contributed by atoms with Gasteiger partial charge in [0, 0.05) is 23.6 Å². The van der Waals surface area contributed by atoms with Crippen LogP contribution in [0.4, 0.5) is 17.6 Å². The maximum atomic E-state index is 14.0. The molecule has 2 atom stereocenters. The lowest BCUT2D eigenvalue weighted by atomic mass is 9.94. The normalized spacial score (nSPS) is 19.6. The van der Waals surface area contributed by atoms with E-state index >= 15 is 0 Å². The van der Waals surface area contributed by atoms with Gasteiger partial charge < -0.3 is 4.90 Å². The Bertz CT molecular complexity index is 1330. The van der Waals surface area contributed by atoms with Gasteiger partial charge >= 0.3 is 6.18 Å². The van der Waals surface area contributed by atoms with Crippen molar-refractivity contribution in [2.75, 3.05) is 11.7 Å². The second kappa shape index (κ2) is 10.0. The van der Waals surface area contributed by atoms with Crippen molar-refractivity contribution in [1.29, 1.82) is 0 Å². The molecule has 5 nitrogen and oxygen atoms in total. The van der Waals surface area contributed by atoms with E-state index < -0.39 is 42.1 Å². The molecule has 1 aromatic carbocycles. The second-order valence-corrected chi connectivity index (χ2v) is 9.47. The average Bonchev–Trinajstić information content (AvgIpc) is 3.03. The third kappa shape index (κ3) is 4.74. The fraction of sp³-hybridized carbons (Fsp3) is 0.308. The molecule has 2 aromatic rings. The average molecular weight is 520 g/mol. The van der Waals surface area contributed by atoms with Crippen molar-refractivity contribution < 1.29 is 22.4 Å². The van der Waals surface area contributed by atoms with Crippen molar-refractivity contribution in [3.8, 4) is 0 Å². The molecule has 0 fully saturated rings. The molecule has 1 amide bonds. The predicted octanol–water partition coefficient (Wildman–Crippen LogP) is 5.76. The van der Waals surface area contributed by atoms with Crippen molar-refractivity contribution in [1.82, 2.24) is 9.58 Å². The van der Waals surface area contributed by atoms with E-state index in [1.165, 1.54) is 47.8 Å². The van der Waals surface area contributed by atoms with Crippen molar-refractivity contribution >= 4 is 17.7 Å². The number of nitrogens with zero attached hydrogens (tertiary/aromatic N) is 3. The summed E-state index contributed by atoms with van der Waals surface area (Å²) < 4.78 is 56.9. The molecule has 2 aliphatic rings. The van der Waals surface area contributed by atoms with Gasteiger partial charge in [-0.25, -0.2) is 4.39 Å². The van der Waals surface area contributed by atoms with Crippen LogP contribution in [-0.4, -0.2) is 34.4 Å². The third-order valence-corrected chi connectivity index (χ3v) is 7.35. The summed E-state index contributed by atoms with van der Waals surface area (Å²) in [5.41, 5.74) is 1.91. The Balaban J connectivity index is 1.96. The van der Waals surface area contributed by atoms with Crippen LogP contribution in [0.15, 0.2) is 76.4 Å². The molecule has 0 spiro atoms. The zero-order chi connectivity index (χ0) is 26.2. The number of thioether (sulfide) groups is 1. The smallest absolute Gasteiger partial charge is 0.306 e. The molecule has 0 N–H and O–H groups in total. The van der Waals surface area contributed by atoms with Gasteiger partial charge in [-0.05, 0) is 49.0 Å². The SMILES string of the molecule is C/C=C(F)\C=C/C1=CSCc2ccccc2C1N1CN([C@H](C)C(F)(F)F)C(=O)c2c(C)c(=O)ccn21. The minimum atomic E-state index is -4.67. The largest absolute Gasteiger partial charge is 0.408 e. The molecular formula is C26H25F4N3O2S. The fourth-order valence-electron chi connectivity index (χ4n) is 4.34. The maximum Gasteiger partial charge on any atom is 0.408 e. The molecule has 10 heteroatoms. The number of hydrogen-bond donors (Lipinski definition) is 0. The van der Waals surface area contributed by atoms with Crippen LogP contribution in [0.3, 0.4) is 0 Å². The third-order valence-electron chi connectivity index (χ3n) is 6.43. The monoisotopic (exact) mass is 519 g/mol. The molecule has 1 aromatic heterocycles. The lowest BCUT2D eigenvalue weighted by Crippen LogP contribution is -2.60. The number of aromatic nitrogens is 1. The van der Waals surface area contributed by atoms with Gasteiger partial charge in [0.15, 0.2) is 5.43 Å². The zero-order valence-corrected chi connectivity index (χ0v) is 20.7. The first kappa shape index (κ1) is 25.8. The summed E-state index contributed by atoms with van der Waals surface area (Å²) in [6, 6.07) is 6.07. The topological polar surface area (TPSA) is 45.6 Å². The molecule has 2 aliphatic heterocycles. The van der Waals surface area contributed by atoms with Crippen molar-refractivity contribution in [3.05, 3.63) is 104 Å². The van der Waals surface area contributed by atoms with Gasteiger partial charge in [-0.2, -0.15) is 13.2 Å². The number of alkyl halides is 3. The fourth-order valence-corrected chi connectivity index (χ4v) is 5.27. The Morgan fingerprint density at radius 1 is 1.19 bits per heavy atom. The lowest BCUT2D eigenvalue weighted by molar-refractivity contribution is -0.173. The van der Waals surface area contributed by atoms with Gasteiger partial charge in [-0.15, -0.1) is 11.8 Å². The van der Waals surface area contributed by atoms with Gasteiger partial charge in [-0.3, -0.25) is 19.3 Å². The van der Waals surface area contributed by atoms with Crippen LogP contribution in [0.5, 0.6) is 0 Å². The Labute approximate surface area is 210 Å². The quantitative estimate of drug-likeness (QED) is 0.381. The lowest BCUT2D eigenvalue weighted by Gasteiger charge is -2.46. The Morgan fingerprint density at radius 2 is 1.92 bits per heavy atom. The Morgan fingerprint density at radius 3 is 2.61 bits per heavy atom. The highest BCUT2D eigenvalue weighted by Crippen LogP contribution is 2.40. The van der Waals surface area contributed by atoms with E-state index in [0.29, 0.717) is 11.3 Å². The van der Waals surface area contributed by atoms with Gasteiger partial charge in [0.2, 0.25) is 0 Å². The molecule has 1 unspecified atom stereocenters. The summed E-state index contributed by atoms with van der Waals surface area (Å²) >= 11 is 1.49. The van der Waals surface area contributed by atoms with Crippen LogP contribution in [0, 0.1) is 6.92 Å². The summed E-state index contributed by atoms with van der Waals surface area (Å²) in [5.74, 6) is -0.719. The van der Waals surface area contributed by atoms with E-state index in [1.54, 1.807) is 18.0 Å². The predicted molar refractivity (Wildman–Crippen MR) is 133 cm³/mol. The minimum absolute atomic E-state index is 0.0592. The van der Waals surface area contributed by atoms with Crippen LogP contribution in [0.2, 0.25) is 0 Å². The second-order valence-electron chi connectivity index (χ2n) is 8.61. The van der Waals surface area contributed by atoms with E-state index in [0.717, 1.165) is 23.0 Å². The van der Waals surface area contributed by atoms with E-state index in [4.69, 9.17) is 0 Å². The number of rotatable bonds is 4. The van der Waals surface area contributed by atoms with Crippen LogP contribution in [0.1, 0.15) is 47.1 Å². The van der Waals surface area contributed by atoms with Crippen molar-refractivity contribution in [2.24, 2.45) is 0 Å². The number of amides is 1. The number of halogens is 4. The number of hydrogen-bond acceptors (Lipinski definition) is 4. The molecule has 36 heavy (non-hydrogen) atoms. The number of allylic oxidation sites excluding steroid dienone is 3. The summed E-state index contributed by atoms with van der Waals surface area (Å²) in [6.45, 7) is 3.53. The molecule has 190 valence electrons. The number of carbonyl (C=O) groups is 1. The first-order valence-corrected chi connectivity index (χ1v) is 12.4.